The highest BCUT2D eigenvalue weighted by Crippen LogP contribution is 2.18. The minimum atomic E-state index is -1.52. The molecule has 0 bridgehead atoms. The number of nitrogens with zero attached hydrogens (tertiary/aromatic N) is 2. The summed E-state index contributed by atoms with van der Waals surface area (Å²) in [4.78, 5) is 50.6. The Morgan fingerprint density at radius 1 is 0.654 bits per heavy atom. The van der Waals surface area contributed by atoms with Crippen molar-refractivity contribution in [3.8, 4) is 0 Å². The number of hydrogen-bond donors (Lipinski definition) is 2. The number of carbonyl (C=O) groups is 4. The molecule has 0 unspecified atom stereocenters. The summed E-state index contributed by atoms with van der Waals surface area (Å²) in [5, 5.41) is 18.8. The summed E-state index contributed by atoms with van der Waals surface area (Å²) >= 11 is 0. The predicted octanol–water partition coefficient (Wildman–Crippen LogP) is -1.05. The lowest BCUT2D eigenvalue weighted by molar-refractivity contribution is -0.140. The lowest BCUT2D eigenvalue weighted by atomic mass is 10.0. The molecule has 10 nitrogen and oxygen atoms in total. The van der Waals surface area contributed by atoms with Gasteiger partial charge in [0, 0.05) is 26.2 Å². The second-order valence-electron chi connectivity index (χ2n) is 5.91. The molecule has 0 saturated carbocycles. The molecule has 2 aliphatic heterocycles. The topological polar surface area (TPSA) is 134 Å². The fourth-order valence-electron chi connectivity index (χ4n) is 2.77. The van der Waals surface area contributed by atoms with E-state index in [1.54, 1.807) is 0 Å². The molecule has 0 spiro atoms. The van der Waals surface area contributed by atoms with E-state index in [2.05, 4.69) is 0 Å². The molecule has 2 amide bonds. The minimum Gasteiger partial charge on any atom is -0.478 e. The molecule has 2 rings (SSSR count). The molecule has 0 aromatic rings. The zero-order valence-corrected chi connectivity index (χ0v) is 14.3. The van der Waals surface area contributed by atoms with Crippen molar-refractivity contribution in [2.45, 2.75) is 12.8 Å². The van der Waals surface area contributed by atoms with Crippen LogP contribution in [0.2, 0.25) is 0 Å². The summed E-state index contributed by atoms with van der Waals surface area (Å²) in [5.41, 5.74) is -1.12. The predicted molar refractivity (Wildman–Crippen MR) is 86.3 cm³/mol. The zero-order chi connectivity index (χ0) is 19.1. The van der Waals surface area contributed by atoms with E-state index in [4.69, 9.17) is 9.47 Å². The van der Waals surface area contributed by atoms with E-state index in [9.17, 15) is 29.4 Å². The van der Waals surface area contributed by atoms with Crippen molar-refractivity contribution < 1.29 is 38.9 Å². The molecule has 0 aliphatic carbocycles. The Balaban J connectivity index is 2.16. The molecule has 10 heteroatoms. The molecule has 0 aromatic carbocycles. The molecule has 2 saturated heterocycles. The van der Waals surface area contributed by atoms with Crippen molar-refractivity contribution in [3.63, 3.8) is 0 Å². The van der Waals surface area contributed by atoms with Gasteiger partial charge in [0.2, 0.25) is 11.8 Å². The number of aliphatic carboxylic acids is 2. The molecule has 0 aromatic heterocycles. The Hall–Kier alpha value is -2.46. The lowest BCUT2D eigenvalue weighted by Crippen LogP contribution is -2.42. The van der Waals surface area contributed by atoms with E-state index in [1.807, 2.05) is 0 Å². The van der Waals surface area contributed by atoms with Crippen molar-refractivity contribution in [3.05, 3.63) is 11.1 Å². The van der Waals surface area contributed by atoms with Gasteiger partial charge in [0.05, 0.1) is 50.4 Å². The average Bonchev–Trinajstić information content (AvgIpc) is 2.65. The number of hydrogen-bond acceptors (Lipinski definition) is 6. The van der Waals surface area contributed by atoms with Crippen molar-refractivity contribution >= 4 is 23.8 Å². The molecule has 0 radical (unpaired) electrons. The van der Waals surface area contributed by atoms with Crippen molar-refractivity contribution in [2.24, 2.45) is 0 Å². The Morgan fingerprint density at radius 3 is 1.23 bits per heavy atom. The first-order valence-corrected chi connectivity index (χ1v) is 8.29. The minimum absolute atomic E-state index is 0.320. The van der Waals surface area contributed by atoms with Gasteiger partial charge in [0.25, 0.3) is 0 Å². The smallest absolute Gasteiger partial charge is 0.332 e. The third-order valence-corrected chi connectivity index (χ3v) is 4.26. The summed E-state index contributed by atoms with van der Waals surface area (Å²) in [6, 6.07) is 0. The van der Waals surface area contributed by atoms with Crippen molar-refractivity contribution in [2.75, 3.05) is 52.6 Å². The zero-order valence-electron chi connectivity index (χ0n) is 14.3. The summed E-state index contributed by atoms with van der Waals surface area (Å²) in [6.07, 6.45) is -1.15. The maximum absolute atomic E-state index is 12.3. The van der Waals surface area contributed by atoms with Gasteiger partial charge < -0.3 is 29.5 Å². The Morgan fingerprint density at radius 2 is 0.962 bits per heavy atom. The molecular weight excluding hydrogens is 348 g/mol. The van der Waals surface area contributed by atoms with E-state index < -0.39 is 47.7 Å². The molecule has 0 atom stereocenters. The van der Waals surface area contributed by atoms with Gasteiger partial charge >= 0.3 is 11.9 Å². The molecule has 2 aliphatic rings. The van der Waals surface area contributed by atoms with Gasteiger partial charge in [-0.05, 0) is 0 Å². The number of morpholine rings is 2. The summed E-state index contributed by atoms with van der Waals surface area (Å²) < 4.78 is 10.3. The normalized spacial score (nSPS) is 18.9. The van der Waals surface area contributed by atoms with E-state index in [0.29, 0.717) is 52.6 Å². The summed E-state index contributed by atoms with van der Waals surface area (Å²) in [6.45, 7) is 2.67. The van der Waals surface area contributed by atoms with Gasteiger partial charge in [-0.15, -0.1) is 0 Å². The fourth-order valence-corrected chi connectivity index (χ4v) is 2.77. The highest BCUT2D eigenvalue weighted by molar-refractivity contribution is 6.05. The fraction of sp³-hybridized carbons (Fsp3) is 0.625. The van der Waals surface area contributed by atoms with Gasteiger partial charge in [0.15, 0.2) is 0 Å². The van der Waals surface area contributed by atoms with Crippen LogP contribution in [0.4, 0.5) is 0 Å². The van der Waals surface area contributed by atoms with Crippen LogP contribution in [-0.4, -0.2) is 96.4 Å². The SMILES string of the molecule is O=C(O)C(CC(=O)N1CCOCC1)=C(CC(=O)N1CCOCC1)C(=O)O. The molecule has 26 heavy (non-hydrogen) atoms. The number of carboxylic acid groups (broad SMARTS) is 2. The number of carboxylic acids is 2. The van der Waals surface area contributed by atoms with Crippen LogP contribution >= 0.6 is 0 Å². The summed E-state index contributed by atoms with van der Waals surface area (Å²) in [5.74, 6) is -4.02. The van der Waals surface area contributed by atoms with Crippen LogP contribution in [0.15, 0.2) is 11.1 Å². The van der Waals surface area contributed by atoms with Crippen LogP contribution in [-0.2, 0) is 28.7 Å². The standard InChI is InChI=1S/C16H22N2O8/c19-13(17-1-5-25-6-2-17)9-11(15(21)22)12(16(23)24)10-14(20)18-3-7-26-8-4-18/h1-10H2,(H,21,22)(H,23,24). The highest BCUT2D eigenvalue weighted by Gasteiger charge is 2.29. The van der Waals surface area contributed by atoms with Gasteiger partial charge in [-0.2, -0.15) is 0 Å². The number of rotatable bonds is 6. The lowest BCUT2D eigenvalue weighted by Gasteiger charge is -2.28. The molecular formula is C16H22N2O8. The third-order valence-electron chi connectivity index (χ3n) is 4.26. The van der Waals surface area contributed by atoms with E-state index in [1.165, 1.54) is 9.80 Å². The maximum Gasteiger partial charge on any atom is 0.332 e. The van der Waals surface area contributed by atoms with Crippen LogP contribution in [0, 0.1) is 0 Å². The van der Waals surface area contributed by atoms with Gasteiger partial charge in [-0.3, -0.25) is 9.59 Å². The number of amides is 2. The maximum atomic E-state index is 12.3. The van der Waals surface area contributed by atoms with Crippen LogP contribution in [0.1, 0.15) is 12.8 Å². The second-order valence-corrected chi connectivity index (χ2v) is 5.91. The van der Waals surface area contributed by atoms with Gasteiger partial charge in [-0.1, -0.05) is 0 Å². The first kappa shape index (κ1) is 19.9. The molecule has 2 heterocycles. The number of carbonyl (C=O) groups excluding carboxylic acids is 2. The van der Waals surface area contributed by atoms with Gasteiger partial charge in [-0.25, -0.2) is 9.59 Å². The van der Waals surface area contributed by atoms with Crippen LogP contribution < -0.4 is 0 Å². The van der Waals surface area contributed by atoms with Crippen LogP contribution in [0.3, 0.4) is 0 Å². The third kappa shape index (κ3) is 5.27. The molecule has 2 fully saturated rings. The van der Waals surface area contributed by atoms with Gasteiger partial charge in [0.1, 0.15) is 0 Å². The van der Waals surface area contributed by atoms with E-state index in [0.717, 1.165) is 0 Å². The highest BCUT2D eigenvalue weighted by atomic mass is 16.5. The first-order chi connectivity index (χ1) is 12.4. The second kappa shape index (κ2) is 9.30. The molecule has 2 N–H and O–H groups in total. The number of ether oxygens (including phenoxy) is 2. The Labute approximate surface area is 149 Å². The largest absolute Gasteiger partial charge is 0.478 e. The Kier molecular flexibility index (Phi) is 7.10. The molecule has 144 valence electrons. The van der Waals surface area contributed by atoms with E-state index in [-0.39, 0.29) is 0 Å². The monoisotopic (exact) mass is 370 g/mol. The van der Waals surface area contributed by atoms with E-state index >= 15 is 0 Å². The summed E-state index contributed by atoms with van der Waals surface area (Å²) in [7, 11) is 0. The first-order valence-electron chi connectivity index (χ1n) is 8.29. The van der Waals surface area contributed by atoms with Crippen molar-refractivity contribution in [1.82, 2.24) is 9.80 Å². The average molecular weight is 370 g/mol. The Bertz CT molecular complexity index is 551. The quantitative estimate of drug-likeness (QED) is 0.566. The van der Waals surface area contributed by atoms with Crippen molar-refractivity contribution in [1.29, 1.82) is 0 Å². The van der Waals surface area contributed by atoms with Crippen LogP contribution in [0.5, 0.6) is 0 Å². The van der Waals surface area contributed by atoms with Crippen LogP contribution in [0.25, 0.3) is 0 Å².